The number of amides is 1. The minimum absolute atomic E-state index is 0.0725. The number of ether oxygens (including phenoxy) is 2. The highest BCUT2D eigenvalue weighted by atomic mass is 19.1. The van der Waals surface area contributed by atoms with E-state index in [1.54, 1.807) is 7.11 Å². The summed E-state index contributed by atoms with van der Waals surface area (Å²) < 4.78 is 24.5. The Bertz CT molecular complexity index is 977. The van der Waals surface area contributed by atoms with Crippen molar-refractivity contribution in [3.8, 4) is 5.75 Å². The van der Waals surface area contributed by atoms with Crippen LogP contribution < -0.4 is 15.0 Å². The zero-order chi connectivity index (χ0) is 22.8. The van der Waals surface area contributed by atoms with Gasteiger partial charge in [-0.05, 0) is 48.6 Å². The van der Waals surface area contributed by atoms with E-state index in [4.69, 9.17) is 9.47 Å². The first-order valence-corrected chi connectivity index (χ1v) is 11.9. The van der Waals surface area contributed by atoms with E-state index < -0.39 is 0 Å². The summed E-state index contributed by atoms with van der Waals surface area (Å²) in [5.41, 5.74) is 3.45. The molecule has 2 aromatic carbocycles. The Morgan fingerprint density at radius 3 is 2.82 bits per heavy atom. The zero-order valence-electron chi connectivity index (χ0n) is 19.1. The first-order chi connectivity index (χ1) is 16.1. The number of hydrogen-bond acceptors (Lipinski definition) is 5. The Hall–Kier alpha value is -2.64. The molecule has 6 nitrogen and oxygen atoms in total. The highest BCUT2D eigenvalue weighted by Gasteiger charge is 2.41. The number of halogens is 1. The number of nitrogens with zero attached hydrogens (tertiary/aromatic N) is 2. The van der Waals surface area contributed by atoms with Crippen LogP contribution in [0, 0.1) is 11.7 Å². The van der Waals surface area contributed by atoms with Crippen LogP contribution in [0.3, 0.4) is 0 Å². The van der Waals surface area contributed by atoms with Crippen LogP contribution in [0.5, 0.6) is 5.75 Å². The number of fused-ring (bicyclic) bond motifs is 3. The van der Waals surface area contributed by atoms with Crippen LogP contribution in [0.15, 0.2) is 42.5 Å². The third-order valence-corrected chi connectivity index (χ3v) is 7.19. The topological polar surface area (TPSA) is 54.0 Å². The molecular weight excluding hydrogens is 421 g/mol. The van der Waals surface area contributed by atoms with E-state index in [-0.39, 0.29) is 29.8 Å². The first kappa shape index (κ1) is 22.2. The Kier molecular flexibility index (Phi) is 6.51. The lowest BCUT2D eigenvalue weighted by molar-refractivity contribution is -0.126. The second-order valence-corrected chi connectivity index (χ2v) is 9.31. The van der Waals surface area contributed by atoms with Gasteiger partial charge in [-0.15, -0.1) is 0 Å². The van der Waals surface area contributed by atoms with Gasteiger partial charge in [0.2, 0.25) is 5.91 Å². The molecule has 0 spiro atoms. The number of hydrogen-bond donors (Lipinski definition) is 1. The molecule has 0 saturated carbocycles. The summed E-state index contributed by atoms with van der Waals surface area (Å²) in [6.45, 7) is 4.62. The summed E-state index contributed by atoms with van der Waals surface area (Å²) in [6.07, 6.45) is 2.91. The number of rotatable bonds is 6. The summed E-state index contributed by atoms with van der Waals surface area (Å²) in [6, 6.07) is 12.9. The molecule has 0 radical (unpaired) electrons. The molecule has 0 bridgehead atoms. The fourth-order valence-corrected chi connectivity index (χ4v) is 5.41. The largest absolute Gasteiger partial charge is 0.497 e. The maximum Gasteiger partial charge on any atom is 0.225 e. The van der Waals surface area contributed by atoms with E-state index >= 15 is 0 Å². The average molecular weight is 454 g/mol. The molecule has 1 amide bonds. The number of nitrogens with one attached hydrogen (secondary N) is 1. The summed E-state index contributed by atoms with van der Waals surface area (Å²) in [7, 11) is 1.68. The maximum atomic E-state index is 13.4. The highest BCUT2D eigenvalue weighted by molar-refractivity contribution is 5.82. The van der Waals surface area contributed by atoms with E-state index in [9.17, 15) is 9.18 Å². The Balaban J connectivity index is 1.35. The summed E-state index contributed by atoms with van der Waals surface area (Å²) in [5, 5.41) is 3.18. The van der Waals surface area contributed by atoms with Crippen molar-refractivity contribution in [2.45, 2.75) is 38.0 Å². The van der Waals surface area contributed by atoms with Gasteiger partial charge in [0.15, 0.2) is 0 Å². The van der Waals surface area contributed by atoms with Gasteiger partial charge in [-0.25, -0.2) is 4.39 Å². The smallest absolute Gasteiger partial charge is 0.225 e. The minimum atomic E-state index is -0.218. The number of carbonyl (C=O) groups excluding carboxylic acids is 1. The molecular formula is C26H32FN3O3. The SMILES string of the molecule is COc1ccc2c(c1)N1CCN(Cc3ccc(F)cc3)C[C@@H]1[C@@H](C(=O)NC[C@@H]1CCCO1)C2. The van der Waals surface area contributed by atoms with E-state index in [1.807, 2.05) is 18.2 Å². The molecule has 3 aliphatic rings. The van der Waals surface area contributed by atoms with Crippen molar-refractivity contribution < 1.29 is 18.7 Å². The molecule has 176 valence electrons. The molecule has 2 aromatic rings. The van der Waals surface area contributed by atoms with Crippen LogP contribution in [0.25, 0.3) is 0 Å². The average Bonchev–Trinajstić information content (AvgIpc) is 3.37. The van der Waals surface area contributed by atoms with Gasteiger partial charge in [-0.3, -0.25) is 9.69 Å². The monoisotopic (exact) mass is 453 g/mol. The minimum Gasteiger partial charge on any atom is -0.497 e. The van der Waals surface area contributed by atoms with Crippen molar-refractivity contribution >= 4 is 11.6 Å². The maximum absolute atomic E-state index is 13.4. The van der Waals surface area contributed by atoms with Crippen LogP contribution in [0.4, 0.5) is 10.1 Å². The lowest BCUT2D eigenvalue weighted by Gasteiger charge is -2.49. The second-order valence-electron chi connectivity index (χ2n) is 9.31. The van der Waals surface area contributed by atoms with Crippen molar-refractivity contribution in [2.24, 2.45) is 5.92 Å². The summed E-state index contributed by atoms with van der Waals surface area (Å²) in [5.74, 6) is 0.584. The third-order valence-electron chi connectivity index (χ3n) is 7.19. The molecule has 0 unspecified atom stereocenters. The third kappa shape index (κ3) is 4.84. The first-order valence-electron chi connectivity index (χ1n) is 11.9. The Morgan fingerprint density at radius 1 is 1.21 bits per heavy atom. The molecule has 7 heteroatoms. The lowest BCUT2D eigenvalue weighted by atomic mass is 9.83. The van der Waals surface area contributed by atoms with Crippen molar-refractivity contribution in [3.05, 3.63) is 59.4 Å². The molecule has 33 heavy (non-hydrogen) atoms. The molecule has 1 N–H and O–H groups in total. The number of piperazine rings is 1. The van der Waals surface area contributed by atoms with Gasteiger partial charge in [-0.1, -0.05) is 18.2 Å². The van der Waals surface area contributed by atoms with Crippen LogP contribution in [-0.2, 0) is 22.5 Å². The summed E-state index contributed by atoms with van der Waals surface area (Å²) in [4.78, 5) is 18.1. The van der Waals surface area contributed by atoms with Crippen LogP contribution in [-0.4, -0.2) is 62.8 Å². The van der Waals surface area contributed by atoms with Gasteiger partial charge in [0.1, 0.15) is 11.6 Å². The van der Waals surface area contributed by atoms with Gasteiger partial charge in [-0.2, -0.15) is 0 Å². The molecule has 5 rings (SSSR count). The molecule has 0 aliphatic carbocycles. The van der Waals surface area contributed by atoms with Crippen molar-refractivity contribution in [1.82, 2.24) is 10.2 Å². The van der Waals surface area contributed by atoms with Crippen molar-refractivity contribution in [2.75, 3.05) is 44.8 Å². The second kappa shape index (κ2) is 9.69. The van der Waals surface area contributed by atoms with Crippen molar-refractivity contribution in [1.29, 1.82) is 0 Å². The van der Waals surface area contributed by atoms with Crippen LogP contribution in [0.1, 0.15) is 24.0 Å². The Labute approximate surface area is 194 Å². The predicted octanol–water partition coefficient (Wildman–Crippen LogP) is 2.99. The predicted molar refractivity (Wildman–Crippen MR) is 125 cm³/mol. The molecule has 2 fully saturated rings. The molecule has 0 aromatic heterocycles. The normalized spacial score (nSPS) is 24.8. The molecule has 3 aliphatic heterocycles. The van der Waals surface area contributed by atoms with E-state index in [1.165, 1.54) is 23.4 Å². The van der Waals surface area contributed by atoms with E-state index in [2.05, 4.69) is 27.2 Å². The van der Waals surface area contributed by atoms with E-state index in [0.29, 0.717) is 13.0 Å². The number of methoxy groups -OCH3 is 1. The molecule has 3 heterocycles. The van der Waals surface area contributed by atoms with Gasteiger partial charge < -0.3 is 19.7 Å². The standard InChI is InChI=1S/C26H32FN3O3/c1-32-21-9-6-19-13-23(26(31)28-15-22-3-2-12-33-22)25-17-29(10-11-30(25)24(19)14-21)16-18-4-7-20(27)8-5-18/h4-9,14,22-23,25H,2-3,10-13,15-17H2,1H3,(H,28,31)/t22-,23-,25+/m0/s1. The highest BCUT2D eigenvalue weighted by Crippen LogP contribution is 2.38. The summed E-state index contributed by atoms with van der Waals surface area (Å²) >= 11 is 0. The van der Waals surface area contributed by atoms with Crippen molar-refractivity contribution in [3.63, 3.8) is 0 Å². The van der Waals surface area contributed by atoms with Gasteiger partial charge in [0.25, 0.3) is 0 Å². The molecule has 3 atom stereocenters. The Morgan fingerprint density at radius 2 is 2.06 bits per heavy atom. The zero-order valence-corrected chi connectivity index (χ0v) is 19.1. The quantitative estimate of drug-likeness (QED) is 0.729. The number of anilines is 1. The van der Waals surface area contributed by atoms with E-state index in [0.717, 1.165) is 56.9 Å². The van der Waals surface area contributed by atoms with Crippen LogP contribution in [0.2, 0.25) is 0 Å². The van der Waals surface area contributed by atoms with Gasteiger partial charge >= 0.3 is 0 Å². The van der Waals surface area contributed by atoms with Gasteiger partial charge in [0.05, 0.1) is 25.2 Å². The van der Waals surface area contributed by atoms with Gasteiger partial charge in [0, 0.05) is 51.1 Å². The number of benzene rings is 2. The lowest BCUT2D eigenvalue weighted by Crippen LogP contribution is -2.61. The van der Waals surface area contributed by atoms with Crippen LogP contribution >= 0.6 is 0 Å². The number of carbonyl (C=O) groups is 1. The fraction of sp³-hybridized carbons (Fsp3) is 0.500. The molecule has 2 saturated heterocycles. The fourth-order valence-electron chi connectivity index (χ4n) is 5.41.